The van der Waals surface area contributed by atoms with Gasteiger partial charge in [-0.15, -0.1) is 0 Å². The third-order valence-electron chi connectivity index (χ3n) is 1.16. The summed E-state index contributed by atoms with van der Waals surface area (Å²) in [5, 5.41) is 0. The number of hydrogen-bond donors (Lipinski definition) is 0. The molecule has 0 aliphatic heterocycles. The molecule has 0 bridgehead atoms. The fraction of sp³-hybridized carbons (Fsp3) is 0.667. The molecule has 0 unspecified atom stereocenters. The first-order valence-corrected chi connectivity index (χ1v) is 4.32. The lowest BCUT2D eigenvalue weighted by Gasteiger charge is -2.06. The molecule has 5 heteroatoms. The minimum absolute atomic E-state index is 0.0652. The molecule has 0 saturated carbocycles. The molecule has 0 atom stereocenters. The van der Waals surface area contributed by atoms with Gasteiger partial charge in [-0.05, 0) is 13.8 Å². The van der Waals surface area contributed by atoms with Crippen molar-refractivity contribution in [1.29, 1.82) is 0 Å². The van der Waals surface area contributed by atoms with Gasteiger partial charge in [-0.1, -0.05) is 0 Å². The zero-order valence-electron chi connectivity index (χ0n) is 8.53. The van der Waals surface area contributed by atoms with Crippen LogP contribution >= 0.6 is 0 Å². The zero-order valence-corrected chi connectivity index (χ0v) is 8.53. The van der Waals surface area contributed by atoms with Crippen molar-refractivity contribution in [3.63, 3.8) is 0 Å². The largest absolute Gasteiger partial charge is 0.463 e. The van der Waals surface area contributed by atoms with Crippen LogP contribution in [0.25, 0.3) is 0 Å². The van der Waals surface area contributed by atoms with Gasteiger partial charge in [-0.2, -0.15) is 0 Å². The maximum absolute atomic E-state index is 10.9. The van der Waals surface area contributed by atoms with Crippen LogP contribution in [0.3, 0.4) is 0 Å². The Morgan fingerprint density at radius 1 is 1.07 bits per heavy atom. The highest BCUT2D eigenvalue weighted by Gasteiger charge is 2.11. The monoisotopic (exact) mass is 202 g/mol. The van der Waals surface area contributed by atoms with Gasteiger partial charge in [0.2, 0.25) is 0 Å². The molecule has 0 spiro atoms. The van der Waals surface area contributed by atoms with E-state index in [1.54, 1.807) is 13.8 Å². The molecule has 14 heavy (non-hydrogen) atoms. The molecule has 0 aliphatic rings. The van der Waals surface area contributed by atoms with Crippen molar-refractivity contribution in [3.8, 4) is 0 Å². The summed E-state index contributed by atoms with van der Waals surface area (Å²) in [4.78, 5) is 32.0. The van der Waals surface area contributed by atoms with E-state index < -0.39 is 17.9 Å². The molecule has 0 N–H and O–H groups in total. The Bertz CT molecular complexity index is 231. The van der Waals surface area contributed by atoms with Crippen molar-refractivity contribution in [1.82, 2.24) is 0 Å². The summed E-state index contributed by atoms with van der Waals surface area (Å²) in [7, 11) is 0. The van der Waals surface area contributed by atoms with Gasteiger partial charge < -0.3 is 9.47 Å². The Morgan fingerprint density at radius 2 is 1.57 bits per heavy atom. The molecule has 0 aromatic rings. The van der Waals surface area contributed by atoms with Crippen molar-refractivity contribution in [3.05, 3.63) is 0 Å². The van der Waals surface area contributed by atoms with Crippen LogP contribution in [0.4, 0.5) is 0 Å². The van der Waals surface area contributed by atoms with Crippen LogP contribution in [0.15, 0.2) is 0 Å². The molecule has 0 aromatic heterocycles. The average molecular weight is 202 g/mol. The molecule has 0 fully saturated rings. The second-order valence-corrected chi connectivity index (χ2v) is 3.00. The van der Waals surface area contributed by atoms with Crippen LogP contribution in [-0.2, 0) is 23.9 Å². The smallest absolute Gasteiger partial charge is 0.314 e. The Balaban J connectivity index is 3.67. The van der Waals surface area contributed by atoms with Crippen LogP contribution in [0.2, 0.25) is 0 Å². The zero-order chi connectivity index (χ0) is 11.1. The third kappa shape index (κ3) is 7.27. The normalized spacial score (nSPS) is 9.71. The van der Waals surface area contributed by atoms with Gasteiger partial charge in [-0.25, -0.2) is 0 Å². The van der Waals surface area contributed by atoms with Gasteiger partial charge in [0.15, 0.2) is 0 Å². The first kappa shape index (κ1) is 12.6. The number of hydrogen-bond acceptors (Lipinski definition) is 5. The maximum atomic E-state index is 10.9. The van der Waals surface area contributed by atoms with E-state index in [4.69, 9.17) is 4.74 Å². The SMILES string of the molecule is CC(=O)OC(=O)CCC(=O)OC(C)C. The molecule has 0 amide bonds. The van der Waals surface area contributed by atoms with Crippen LogP contribution < -0.4 is 0 Å². The van der Waals surface area contributed by atoms with E-state index in [0.717, 1.165) is 6.92 Å². The van der Waals surface area contributed by atoms with Gasteiger partial charge in [0.05, 0.1) is 18.9 Å². The first-order valence-electron chi connectivity index (χ1n) is 4.32. The lowest BCUT2D eigenvalue weighted by atomic mass is 10.3. The molecule has 0 saturated heterocycles. The highest BCUT2D eigenvalue weighted by atomic mass is 16.6. The molecule has 0 heterocycles. The van der Waals surface area contributed by atoms with E-state index in [1.165, 1.54) is 0 Å². The maximum Gasteiger partial charge on any atom is 0.314 e. The van der Waals surface area contributed by atoms with E-state index in [0.29, 0.717) is 0 Å². The van der Waals surface area contributed by atoms with Crippen LogP contribution in [-0.4, -0.2) is 24.0 Å². The first-order chi connectivity index (χ1) is 6.41. The Labute approximate surface area is 82.4 Å². The predicted octanol–water partition coefficient (Wildman–Crippen LogP) is 0.808. The summed E-state index contributed by atoms with van der Waals surface area (Å²) in [6, 6.07) is 0. The third-order valence-corrected chi connectivity index (χ3v) is 1.16. The van der Waals surface area contributed by atoms with E-state index in [2.05, 4.69) is 4.74 Å². The molecule has 0 radical (unpaired) electrons. The number of carbonyl (C=O) groups is 3. The van der Waals surface area contributed by atoms with E-state index >= 15 is 0 Å². The number of rotatable bonds is 4. The summed E-state index contributed by atoms with van der Waals surface area (Å²) >= 11 is 0. The quantitative estimate of drug-likeness (QED) is 0.498. The summed E-state index contributed by atoms with van der Waals surface area (Å²) in [6.07, 6.45) is -0.401. The van der Waals surface area contributed by atoms with Gasteiger partial charge in [0.25, 0.3) is 0 Å². The fourth-order valence-corrected chi connectivity index (χ4v) is 0.737. The van der Waals surface area contributed by atoms with Crippen molar-refractivity contribution in [2.24, 2.45) is 0 Å². The molecular formula is C9H14O5. The topological polar surface area (TPSA) is 69.7 Å². The summed E-state index contributed by atoms with van der Waals surface area (Å²) in [5.74, 6) is -1.86. The van der Waals surface area contributed by atoms with E-state index in [-0.39, 0.29) is 18.9 Å². The Hall–Kier alpha value is -1.39. The van der Waals surface area contributed by atoms with Gasteiger partial charge in [-0.3, -0.25) is 14.4 Å². The molecular weight excluding hydrogens is 188 g/mol. The van der Waals surface area contributed by atoms with Crippen molar-refractivity contribution in [2.45, 2.75) is 39.7 Å². The summed E-state index contributed by atoms with van der Waals surface area (Å²) in [5.41, 5.74) is 0. The van der Waals surface area contributed by atoms with E-state index in [1.807, 2.05) is 0 Å². The molecule has 0 rings (SSSR count). The second kappa shape index (κ2) is 6.12. The van der Waals surface area contributed by atoms with Crippen molar-refractivity contribution in [2.75, 3.05) is 0 Å². The highest BCUT2D eigenvalue weighted by Crippen LogP contribution is 1.98. The summed E-state index contributed by atoms with van der Waals surface area (Å²) in [6.45, 7) is 4.56. The van der Waals surface area contributed by atoms with Crippen LogP contribution in [0.5, 0.6) is 0 Å². The number of ether oxygens (including phenoxy) is 2. The van der Waals surface area contributed by atoms with Gasteiger partial charge in [0.1, 0.15) is 0 Å². The number of esters is 3. The summed E-state index contributed by atoms with van der Waals surface area (Å²) < 4.78 is 8.99. The lowest BCUT2D eigenvalue weighted by Crippen LogP contribution is -2.15. The minimum Gasteiger partial charge on any atom is -0.463 e. The molecule has 0 aliphatic carbocycles. The van der Waals surface area contributed by atoms with Crippen molar-refractivity contribution >= 4 is 17.9 Å². The van der Waals surface area contributed by atoms with Gasteiger partial charge in [0, 0.05) is 6.92 Å². The highest BCUT2D eigenvalue weighted by molar-refractivity contribution is 5.86. The predicted molar refractivity (Wildman–Crippen MR) is 47.2 cm³/mol. The number of carbonyl (C=O) groups excluding carboxylic acids is 3. The van der Waals surface area contributed by atoms with Crippen molar-refractivity contribution < 1.29 is 23.9 Å². The minimum atomic E-state index is -0.710. The van der Waals surface area contributed by atoms with Crippen LogP contribution in [0, 0.1) is 0 Å². The fourth-order valence-electron chi connectivity index (χ4n) is 0.737. The second-order valence-electron chi connectivity index (χ2n) is 3.00. The Morgan fingerprint density at radius 3 is 2.00 bits per heavy atom. The van der Waals surface area contributed by atoms with Gasteiger partial charge >= 0.3 is 17.9 Å². The molecule has 80 valence electrons. The Kier molecular flexibility index (Phi) is 5.52. The molecule has 0 aromatic carbocycles. The average Bonchev–Trinajstić information content (AvgIpc) is 1.98. The standard InChI is InChI=1S/C9H14O5/c1-6(2)13-8(11)4-5-9(12)14-7(3)10/h6H,4-5H2,1-3H3. The lowest BCUT2D eigenvalue weighted by molar-refractivity contribution is -0.160. The van der Waals surface area contributed by atoms with E-state index in [9.17, 15) is 14.4 Å². The van der Waals surface area contributed by atoms with Crippen LogP contribution in [0.1, 0.15) is 33.6 Å². The molecule has 5 nitrogen and oxygen atoms in total.